The van der Waals surface area contributed by atoms with Gasteiger partial charge in [0.2, 0.25) is 0 Å². The zero-order valence-electron chi connectivity index (χ0n) is 10.7. The molecule has 1 atom stereocenters. The summed E-state index contributed by atoms with van der Waals surface area (Å²) in [6, 6.07) is 5.88. The minimum atomic E-state index is -0.00532. The third kappa shape index (κ3) is 4.24. The largest absolute Gasteiger partial charge is 0.493 e. The summed E-state index contributed by atoms with van der Waals surface area (Å²) < 4.78 is 16.1. The molecule has 4 nitrogen and oxygen atoms in total. The van der Waals surface area contributed by atoms with Crippen LogP contribution in [-0.2, 0) is 11.2 Å². The van der Waals surface area contributed by atoms with Gasteiger partial charge in [-0.3, -0.25) is 0 Å². The van der Waals surface area contributed by atoms with Crippen LogP contribution < -0.4 is 15.2 Å². The van der Waals surface area contributed by atoms with E-state index in [0.717, 1.165) is 23.5 Å². The van der Waals surface area contributed by atoms with Crippen molar-refractivity contribution in [2.45, 2.75) is 19.4 Å². The van der Waals surface area contributed by atoms with Crippen molar-refractivity contribution in [2.24, 2.45) is 5.73 Å². The topological polar surface area (TPSA) is 53.7 Å². The van der Waals surface area contributed by atoms with Crippen LogP contribution >= 0.6 is 0 Å². The van der Waals surface area contributed by atoms with Crippen molar-refractivity contribution in [3.05, 3.63) is 23.8 Å². The summed E-state index contributed by atoms with van der Waals surface area (Å²) in [5.74, 6) is 1.47. The molecule has 0 aromatic heterocycles. The number of rotatable bonds is 7. The van der Waals surface area contributed by atoms with Crippen molar-refractivity contribution >= 4 is 0 Å². The van der Waals surface area contributed by atoms with E-state index in [-0.39, 0.29) is 6.10 Å². The molecule has 0 aliphatic carbocycles. The summed E-state index contributed by atoms with van der Waals surface area (Å²) in [4.78, 5) is 0. The van der Waals surface area contributed by atoms with Gasteiger partial charge in [0.15, 0.2) is 11.5 Å². The van der Waals surface area contributed by atoms with Gasteiger partial charge in [-0.25, -0.2) is 0 Å². The van der Waals surface area contributed by atoms with E-state index in [4.69, 9.17) is 19.9 Å². The fourth-order valence-corrected chi connectivity index (χ4v) is 1.62. The molecule has 0 aliphatic heterocycles. The fourth-order valence-electron chi connectivity index (χ4n) is 1.62. The highest BCUT2D eigenvalue weighted by Gasteiger charge is 2.09. The number of methoxy groups -OCH3 is 2. The molecule has 0 fully saturated rings. The van der Waals surface area contributed by atoms with E-state index in [1.807, 2.05) is 25.1 Å². The molecule has 0 bridgehead atoms. The molecular weight excluding hydrogens is 218 g/mol. The Morgan fingerprint density at radius 1 is 1.24 bits per heavy atom. The Kier molecular flexibility index (Phi) is 5.80. The summed E-state index contributed by atoms with van der Waals surface area (Å²) in [6.07, 6.45) is 0.832. The molecule has 0 amide bonds. The number of nitrogens with two attached hydrogens (primary N) is 1. The van der Waals surface area contributed by atoms with Crippen LogP contribution in [0.15, 0.2) is 18.2 Å². The highest BCUT2D eigenvalue weighted by Crippen LogP contribution is 2.29. The lowest BCUT2D eigenvalue weighted by molar-refractivity contribution is 0.0900. The number of hydrogen-bond donors (Lipinski definition) is 1. The average molecular weight is 239 g/mol. The Balaban J connectivity index is 2.77. The Bertz CT molecular complexity index is 341. The first kappa shape index (κ1) is 13.8. The molecule has 0 aliphatic rings. The average Bonchev–Trinajstić information content (AvgIpc) is 2.31. The maximum atomic E-state index is 5.73. The summed E-state index contributed by atoms with van der Waals surface area (Å²) in [6.45, 7) is 3.13. The number of hydrogen-bond acceptors (Lipinski definition) is 4. The predicted octanol–water partition coefficient (Wildman–Crippen LogP) is 1.61. The molecule has 1 aromatic rings. The van der Waals surface area contributed by atoms with Gasteiger partial charge in [0, 0.05) is 7.11 Å². The maximum Gasteiger partial charge on any atom is 0.161 e. The van der Waals surface area contributed by atoms with Gasteiger partial charge in [-0.15, -0.1) is 0 Å². The minimum absolute atomic E-state index is 0.00532. The van der Waals surface area contributed by atoms with Crippen LogP contribution in [0.3, 0.4) is 0 Å². The Morgan fingerprint density at radius 2 is 2.00 bits per heavy atom. The van der Waals surface area contributed by atoms with Gasteiger partial charge in [-0.2, -0.15) is 0 Å². The molecule has 0 saturated carbocycles. The predicted molar refractivity (Wildman–Crippen MR) is 67.7 cm³/mol. The van der Waals surface area contributed by atoms with Crippen LogP contribution in [0.25, 0.3) is 0 Å². The zero-order valence-corrected chi connectivity index (χ0v) is 10.7. The van der Waals surface area contributed by atoms with Crippen molar-refractivity contribution in [2.75, 3.05) is 27.4 Å². The first-order valence-electron chi connectivity index (χ1n) is 5.73. The summed E-state index contributed by atoms with van der Waals surface area (Å²) >= 11 is 0. The molecule has 0 radical (unpaired) electrons. The van der Waals surface area contributed by atoms with Gasteiger partial charge < -0.3 is 19.9 Å². The van der Waals surface area contributed by atoms with Gasteiger partial charge in [0.1, 0.15) is 6.10 Å². The quantitative estimate of drug-likeness (QED) is 0.785. The van der Waals surface area contributed by atoms with Gasteiger partial charge in [0.25, 0.3) is 0 Å². The molecule has 1 unspecified atom stereocenters. The Hall–Kier alpha value is -1.26. The van der Waals surface area contributed by atoms with E-state index < -0.39 is 0 Å². The van der Waals surface area contributed by atoms with Crippen molar-refractivity contribution < 1.29 is 14.2 Å². The van der Waals surface area contributed by atoms with E-state index in [1.54, 1.807) is 14.2 Å². The smallest absolute Gasteiger partial charge is 0.161 e. The van der Waals surface area contributed by atoms with Crippen LogP contribution in [0.5, 0.6) is 11.5 Å². The SMILES string of the molecule is COCC(C)Oc1ccc(CCN)cc1OC. The molecule has 0 saturated heterocycles. The lowest BCUT2D eigenvalue weighted by Crippen LogP contribution is -2.18. The van der Waals surface area contributed by atoms with Gasteiger partial charge in [-0.1, -0.05) is 6.07 Å². The number of benzene rings is 1. The third-order valence-corrected chi connectivity index (χ3v) is 2.39. The first-order chi connectivity index (χ1) is 8.21. The molecule has 1 aromatic carbocycles. The molecule has 17 heavy (non-hydrogen) atoms. The lowest BCUT2D eigenvalue weighted by Gasteiger charge is -2.16. The summed E-state index contributed by atoms with van der Waals surface area (Å²) in [5.41, 5.74) is 6.67. The van der Waals surface area contributed by atoms with Crippen LogP contribution in [0, 0.1) is 0 Å². The maximum absolute atomic E-state index is 5.73. The highest BCUT2D eigenvalue weighted by molar-refractivity contribution is 5.43. The normalized spacial score (nSPS) is 12.2. The van der Waals surface area contributed by atoms with Crippen LogP contribution in [0.2, 0.25) is 0 Å². The molecule has 4 heteroatoms. The summed E-state index contributed by atoms with van der Waals surface area (Å²) in [5, 5.41) is 0. The van der Waals surface area contributed by atoms with E-state index in [1.165, 1.54) is 0 Å². The monoisotopic (exact) mass is 239 g/mol. The second kappa shape index (κ2) is 7.14. The van der Waals surface area contributed by atoms with Crippen molar-refractivity contribution in [1.29, 1.82) is 0 Å². The van der Waals surface area contributed by atoms with Crippen molar-refractivity contribution in [3.8, 4) is 11.5 Å². The van der Waals surface area contributed by atoms with E-state index in [9.17, 15) is 0 Å². The van der Waals surface area contributed by atoms with E-state index >= 15 is 0 Å². The standard InChI is InChI=1S/C13H21NO3/c1-10(9-15-2)17-12-5-4-11(6-7-14)8-13(12)16-3/h4-5,8,10H,6-7,9,14H2,1-3H3. The van der Waals surface area contributed by atoms with Crippen LogP contribution in [0.4, 0.5) is 0 Å². The molecular formula is C13H21NO3. The molecule has 2 N–H and O–H groups in total. The van der Waals surface area contributed by atoms with Gasteiger partial charge in [-0.05, 0) is 37.6 Å². The fraction of sp³-hybridized carbons (Fsp3) is 0.538. The Labute approximate surface area is 103 Å². The van der Waals surface area contributed by atoms with Gasteiger partial charge >= 0.3 is 0 Å². The van der Waals surface area contributed by atoms with Crippen LogP contribution in [0.1, 0.15) is 12.5 Å². The highest BCUT2D eigenvalue weighted by atomic mass is 16.5. The second-order valence-corrected chi connectivity index (χ2v) is 3.91. The third-order valence-electron chi connectivity index (χ3n) is 2.39. The first-order valence-corrected chi connectivity index (χ1v) is 5.73. The Morgan fingerprint density at radius 3 is 2.59 bits per heavy atom. The van der Waals surface area contributed by atoms with E-state index in [0.29, 0.717) is 13.2 Å². The van der Waals surface area contributed by atoms with Crippen LogP contribution in [-0.4, -0.2) is 33.5 Å². The molecule has 1 rings (SSSR count). The molecule has 96 valence electrons. The molecule has 0 spiro atoms. The minimum Gasteiger partial charge on any atom is -0.493 e. The summed E-state index contributed by atoms with van der Waals surface area (Å²) in [7, 11) is 3.29. The lowest BCUT2D eigenvalue weighted by atomic mass is 10.1. The van der Waals surface area contributed by atoms with Crippen molar-refractivity contribution in [1.82, 2.24) is 0 Å². The van der Waals surface area contributed by atoms with E-state index in [2.05, 4.69) is 0 Å². The van der Waals surface area contributed by atoms with Gasteiger partial charge in [0.05, 0.1) is 13.7 Å². The molecule has 0 heterocycles. The zero-order chi connectivity index (χ0) is 12.7. The number of ether oxygens (including phenoxy) is 3. The second-order valence-electron chi connectivity index (χ2n) is 3.91. The van der Waals surface area contributed by atoms with Crippen molar-refractivity contribution in [3.63, 3.8) is 0 Å².